The minimum absolute atomic E-state index is 0.273. The maximum Gasteiger partial charge on any atom is 0.322 e. The molecule has 0 aromatic heterocycles. The standard InChI is InChI=1S/C12H16BrNO3/c1-14-11(12(15)16-2)6-7-17-10-5-3-4-9(13)8-10/h3-5,8,11,14H,6-7H2,1-2H3. The van der Waals surface area contributed by atoms with E-state index in [4.69, 9.17) is 4.74 Å². The predicted octanol–water partition coefficient (Wildman–Crippen LogP) is 1.98. The van der Waals surface area contributed by atoms with Crippen LogP contribution in [-0.2, 0) is 9.53 Å². The SMILES string of the molecule is CNC(CCOc1cccc(Br)c1)C(=O)OC. The van der Waals surface area contributed by atoms with Crippen molar-refractivity contribution in [3.05, 3.63) is 28.7 Å². The molecule has 1 unspecified atom stereocenters. The highest BCUT2D eigenvalue weighted by molar-refractivity contribution is 9.10. The van der Waals surface area contributed by atoms with Crippen molar-refractivity contribution >= 4 is 21.9 Å². The fourth-order valence-electron chi connectivity index (χ4n) is 1.37. The first-order valence-electron chi connectivity index (χ1n) is 5.31. The van der Waals surface area contributed by atoms with Gasteiger partial charge < -0.3 is 14.8 Å². The molecule has 0 bridgehead atoms. The first-order chi connectivity index (χ1) is 8.17. The van der Waals surface area contributed by atoms with Gasteiger partial charge in [-0.25, -0.2) is 0 Å². The Morgan fingerprint density at radius 1 is 1.53 bits per heavy atom. The molecule has 17 heavy (non-hydrogen) atoms. The van der Waals surface area contributed by atoms with Gasteiger partial charge in [0.05, 0.1) is 13.7 Å². The van der Waals surface area contributed by atoms with E-state index in [1.807, 2.05) is 24.3 Å². The van der Waals surface area contributed by atoms with Crippen LogP contribution < -0.4 is 10.1 Å². The van der Waals surface area contributed by atoms with Crippen LogP contribution in [0.4, 0.5) is 0 Å². The quantitative estimate of drug-likeness (QED) is 0.816. The van der Waals surface area contributed by atoms with E-state index in [-0.39, 0.29) is 12.0 Å². The fraction of sp³-hybridized carbons (Fsp3) is 0.417. The zero-order valence-electron chi connectivity index (χ0n) is 9.90. The first-order valence-corrected chi connectivity index (χ1v) is 6.10. The van der Waals surface area contributed by atoms with Gasteiger partial charge in [0, 0.05) is 10.9 Å². The van der Waals surface area contributed by atoms with Crippen molar-refractivity contribution in [2.24, 2.45) is 0 Å². The van der Waals surface area contributed by atoms with E-state index in [2.05, 4.69) is 26.0 Å². The van der Waals surface area contributed by atoms with Gasteiger partial charge in [-0.3, -0.25) is 4.79 Å². The zero-order chi connectivity index (χ0) is 12.7. The number of rotatable bonds is 6. The summed E-state index contributed by atoms with van der Waals surface area (Å²) in [5.74, 6) is 0.504. The summed E-state index contributed by atoms with van der Waals surface area (Å²) in [5, 5.41) is 2.89. The Kier molecular flexibility index (Phi) is 6.00. The van der Waals surface area contributed by atoms with Gasteiger partial charge in [-0.1, -0.05) is 22.0 Å². The third-order valence-corrected chi connectivity index (χ3v) is 2.80. The number of hydrogen-bond acceptors (Lipinski definition) is 4. The van der Waals surface area contributed by atoms with Gasteiger partial charge in [0.2, 0.25) is 0 Å². The summed E-state index contributed by atoms with van der Waals surface area (Å²) in [6.45, 7) is 0.455. The summed E-state index contributed by atoms with van der Waals surface area (Å²) in [6, 6.07) is 7.25. The van der Waals surface area contributed by atoms with E-state index in [9.17, 15) is 4.79 Å². The number of ether oxygens (including phenoxy) is 2. The molecule has 1 rings (SSSR count). The van der Waals surface area contributed by atoms with E-state index in [1.54, 1.807) is 7.05 Å². The van der Waals surface area contributed by atoms with Crippen LogP contribution in [0.15, 0.2) is 28.7 Å². The predicted molar refractivity (Wildman–Crippen MR) is 69.1 cm³/mol. The Labute approximate surface area is 109 Å². The van der Waals surface area contributed by atoms with E-state index in [0.29, 0.717) is 13.0 Å². The van der Waals surface area contributed by atoms with Crippen LogP contribution in [0.3, 0.4) is 0 Å². The van der Waals surface area contributed by atoms with Gasteiger partial charge >= 0.3 is 5.97 Å². The molecule has 1 aromatic carbocycles. The maximum absolute atomic E-state index is 11.3. The van der Waals surface area contributed by atoms with Crippen LogP contribution in [-0.4, -0.2) is 32.8 Å². The van der Waals surface area contributed by atoms with Gasteiger partial charge in [0.15, 0.2) is 0 Å². The highest BCUT2D eigenvalue weighted by atomic mass is 79.9. The van der Waals surface area contributed by atoms with Gasteiger partial charge in [0.25, 0.3) is 0 Å². The second kappa shape index (κ2) is 7.29. The average Bonchev–Trinajstić information content (AvgIpc) is 2.34. The number of methoxy groups -OCH3 is 1. The zero-order valence-corrected chi connectivity index (χ0v) is 11.5. The van der Waals surface area contributed by atoms with Crippen molar-refractivity contribution in [2.45, 2.75) is 12.5 Å². The van der Waals surface area contributed by atoms with Gasteiger partial charge in [-0.15, -0.1) is 0 Å². The molecule has 0 aliphatic heterocycles. The number of esters is 1. The second-order valence-corrected chi connectivity index (χ2v) is 4.37. The molecule has 0 fully saturated rings. The molecular weight excluding hydrogens is 286 g/mol. The lowest BCUT2D eigenvalue weighted by Gasteiger charge is -2.14. The summed E-state index contributed by atoms with van der Waals surface area (Å²) in [6.07, 6.45) is 0.565. The maximum atomic E-state index is 11.3. The molecule has 1 atom stereocenters. The molecule has 0 amide bonds. The molecule has 0 heterocycles. The van der Waals surface area contributed by atoms with Crippen LogP contribution in [0.1, 0.15) is 6.42 Å². The molecule has 0 saturated carbocycles. The van der Waals surface area contributed by atoms with Crippen molar-refractivity contribution in [3.63, 3.8) is 0 Å². The highest BCUT2D eigenvalue weighted by Crippen LogP contribution is 2.17. The molecule has 1 N–H and O–H groups in total. The molecule has 5 heteroatoms. The minimum Gasteiger partial charge on any atom is -0.493 e. The monoisotopic (exact) mass is 301 g/mol. The lowest BCUT2D eigenvalue weighted by Crippen LogP contribution is -2.36. The van der Waals surface area contributed by atoms with Crippen LogP contribution >= 0.6 is 15.9 Å². The van der Waals surface area contributed by atoms with Crippen molar-refractivity contribution < 1.29 is 14.3 Å². The lowest BCUT2D eigenvalue weighted by atomic mass is 10.2. The summed E-state index contributed by atoms with van der Waals surface area (Å²) in [4.78, 5) is 11.3. The van der Waals surface area contributed by atoms with Gasteiger partial charge in [0.1, 0.15) is 11.8 Å². The molecular formula is C12H16BrNO3. The molecule has 0 aliphatic rings. The van der Waals surface area contributed by atoms with E-state index >= 15 is 0 Å². The van der Waals surface area contributed by atoms with Gasteiger partial charge in [-0.05, 0) is 25.2 Å². The highest BCUT2D eigenvalue weighted by Gasteiger charge is 2.16. The molecule has 1 aromatic rings. The van der Waals surface area contributed by atoms with E-state index in [0.717, 1.165) is 10.2 Å². The summed E-state index contributed by atoms with van der Waals surface area (Å²) < 4.78 is 11.2. The van der Waals surface area contributed by atoms with Crippen LogP contribution in [0, 0.1) is 0 Å². The number of likely N-dealkylation sites (N-methyl/N-ethyl adjacent to an activating group) is 1. The van der Waals surface area contributed by atoms with Crippen LogP contribution in [0.5, 0.6) is 5.75 Å². The van der Waals surface area contributed by atoms with Crippen LogP contribution in [0.25, 0.3) is 0 Å². The largest absolute Gasteiger partial charge is 0.493 e. The average molecular weight is 302 g/mol. The Balaban J connectivity index is 2.38. The third-order valence-electron chi connectivity index (χ3n) is 2.31. The van der Waals surface area contributed by atoms with Crippen LogP contribution in [0.2, 0.25) is 0 Å². The number of carbonyl (C=O) groups excluding carboxylic acids is 1. The summed E-state index contributed by atoms with van der Waals surface area (Å²) in [7, 11) is 3.10. The Morgan fingerprint density at radius 3 is 2.88 bits per heavy atom. The smallest absolute Gasteiger partial charge is 0.322 e. The van der Waals surface area contributed by atoms with Crippen molar-refractivity contribution in [1.82, 2.24) is 5.32 Å². The number of nitrogens with one attached hydrogen (secondary N) is 1. The number of carbonyl (C=O) groups is 1. The van der Waals surface area contributed by atoms with Gasteiger partial charge in [-0.2, -0.15) is 0 Å². The number of hydrogen-bond donors (Lipinski definition) is 1. The molecule has 4 nitrogen and oxygen atoms in total. The van der Waals surface area contributed by atoms with Crippen molar-refractivity contribution in [3.8, 4) is 5.75 Å². The van der Waals surface area contributed by atoms with E-state index in [1.165, 1.54) is 7.11 Å². The van der Waals surface area contributed by atoms with E-state index < -0.39 is 0 Å². The number of halogens is 1. The fourth-order valence-corrected chi connectivity index (χ4v) is 1.75. The third kappa shape index (κ3) is 4.75. The molecule has 0 radical (unpaired) electrons. The topological polar surface area (TPSA) is 47.6 Å². The molecule has 94 valence electrons. The normalized spacial score (nSPS) is 11.9. The minimum atomic E-state index is -0.327. The summed E-state index contributed by atoms with van der Waals surface area (Å²) in [5.41, 5.74) is 0. The Morgan fingerprint density at radius 2 is 2.29 bits per heavy atom. The van der Waals surface area contributed by atoms with Crippen molar-refractivity contribution in [2.75, 3.05) is 20.8 Å². The molecule has 0 saturated heterocycles. The first kappa shape index (κ1) is 14.0. The Bertz CT molecular complexity index is 371. The summed E-state index contributed by atoms with van der Waals surface area (Å²) >= 11 is 3.36. The van der Waals surface area contributed by atoms with Crippen molar-refractivity contribution in [1.29, 1.82) is 0 Å². The molecule has 0 aliphatic carbocycles. The lowest BCUT2D eigenvalue weighted by molar-refractivity contribution is -0.143. The second-order valence-electron chi connectivity index (χ2n) is 3.46. The Hall–Kier alpha value is -1.07. The number of benzene rings is 1. The molecule has 0 spiro atoms.